The fourth-order valence-electron chi connectivity index (χ4n) is 1.92. The third kappa shape index (κ3) is 3.05. The zero-order valence-electron chi connectivity index (χ0n) is 11.4. The average Bonchev–Trinajstić information content (AvgIpc) is 2.43. The van der Waals surface area contributed by atoms with Gasteiger partial charge in [-0.05, 0) is 37.4 Å². The van der Waals surface area contributed by atoms with Gasteiger partial charge in [-0.3, -0.25) is 19.8 Å². The number of rotatable bonds is 3. The highest BCUT2D eigenvalue weighted by Crippen LogP contribution is 2.18. The highest BCUT2D eigenvalue weighted by Gasteiger charge is 2.32. The van der Waals surface area contributed by atoms with E-state index in [1.54, 1.807) is 19.1 Å². The Balaban J connectivity index is 2.45. The first-order chi connectivity index (χ1) is 9.93. The van der Waals surface area contributed by atoms with E-state index in [4.69, 9.17) is 12.2 Å². The van der Waals surface area contributed by atoms with Crippen LogP contribution in [-0.4, -0.2) is 28.4 Å². The lowest BCUT2D eigenvalue weighted by atomic mass is 10.1. The molecule has 0 bridgehead atoms. The number of amides is 2. The smallest absolute Gasteiger partial charge is 0.265 e. The Labute approximate surface area is 126 Å². The van der Waals surface area contributed by atoms with E-state index in [1.165, 1.54) is 23.1 Å². The van der Waals surface area contributed by atoms with Crippen LogP contribution in [0.4, 0.5) is 4.39 Å². The molecule has 0 atom stereocenters. The van der Waals surface area contributed by atoms with Crippen LogP contribution in [0.15, 0.2) is 36.4 Å². The second-order valence-electron chi connectivity index (χ2n) is 4.55. The molecule has 6 heteroatoms. The van der Waals surface area contributed by atoms with E-state index < -0.39 is 17.6 Å². The second kappa shape index (κ2) is 5.97. The summed E-state index contributed by atoms with van der Waals surface area (Å²) in [6, 6.07) is 4.46. The van der Waals surface area contributed by atoms with Crippen molar-refractivity contribution in [2.45, 2.75) is 6.92 Å². The van der Waals surface area contributed by atoms with Crippen molar-refractivity contribution in [3.8, 4) is 0 Å². The predicted molar refractivity (Wildman–Crippen MR) is 81.8 cm³/mol. The number of hydrogen-bond acceptors (Lipinski definition) is 3. The van der Waals surface area contributed by atoms with Crippen LogP contribution in [0, 0.1) is 12.7 Å². The van der Waals surface area contributed by atoms with E-state index in [2.05, 4.69) is 11.9 Å². The first kappa shape index (κ1) is 15.1. The molecule has 1 aromatic carbocycles. The van der Waals surface area contributed by atoms with Crippen molar-refractivity contribution in [2.75, 3.05) is 6.54 Å². The minimum atomic E-state index is -0.633. The molecule has 4 nitrogen and oxygen atoms in total. The molecule has 1 aliphatic rings. The third-order valence-corrected chi connectivity index (χ3v) is 3.27. The molecule has 1 saturated heterocycles. The van der Waals surface area contributed by atoms with Crippen molar-refractivity contribution in [1.29, 1.82) is 0 Å². The van der Waals surface area contributed by atoms with E-state index >= 15 is 0 Å². The van der Waals surface area contributed by atoms with Crippen molar-refractivity contribution < 1.29 is 14.0 Å². The van der Waals surface area contributed by atoms with Gasteiger partial charge in [0, 0.05) is 12.1 Å². The number of aryl methyl sites for hydroxylation is 1. The van der Waals surface area contributed by atoms with Gasteiger partial charge in [-0.25, -0.2) is 4.39 Å². The average molecular weight is 304 g/mol. The Morgan fingerprint density at radius 2 is 2.14 bits per heavy atom. The molecule has 0 spiro atoms. The van der Waals surface area contributed by atoms with E-state index in [0.29, 0.717) is 0 Å². The van der Waals surface area contributed by atoms with Crippen molar-refractivity contribution in [1.82, 2.24) is 10.2 Å². The number of halogens is 1. The van der Waals surface area contributed by atoms with Crippen LogP contribution < -0.4 is 5.32 Å². The summed E-state index contributed by atoms with van der Waals surface area (Å²) in [5, 5.41) is 2.43. The van der Waals surface area contributed by atoms with Gasteiger partial charge < -0.3 is 0 Å². The number of benzene rings is 1. The minimum Gasteiger partial charge on any atom is -0.298 e. The lowest BCUT2D eigenvalue weighted by Crippen LogP contribution is -2.53. The highest BCUT2D eigenvalue weighted by molar-refractivity contribution is 7.80. The van der Waals surface area contributed by atoms with Crippen LogP contribution in [0.2, 0.25) is 0 Å². The van der Waals surface area contributed by atoms with Crippen LogP contribution in [0.1, 0.15) is 11.1 Å². The van der Waals surface area contributed by atoms with Gasteiger partial charge in [0.1, 0.15) is 11.4 Å². The Kier molecular flexibility index (Phi) is 4.28. The molecule has 1 N–H and O–H groups in total. The molecule has 0 saturated carbocycles. The Bertz CT molecular complexity index is 682. The summed E-state index contributed by atoms with van der Waals surface area (Å²) in [7, 11) is 0. The van der Waals surface area contributed by atoms with E-state index in [1.807, 2.05) is 0 Å². The first-order valence-electron chi connectivity index (χ1n) is 6.20. The van der Waals surface area contributed by atoms with Gasteiger partial charge in [0.25, 0.3) is 11.8 Å². The summed E-state index contributed by atoms with van der Waals surface area (Å²) < 4.78 is 13.8. The van der Waals surface area contributed by atoms with Crippen LogP contribution in [0.5, 0.6) is 0 Å². The van der Waals surface area contributed by atoms with Crippen molar-refractivity contribution >= 4 is 35.2 Å². The highest BCUT2D eigenvalue weighted by atomic mass is 32.1. The summed E-state index contributed by atoms with van der Waals surface area (Å²) in [4.78, 5) is 25.4. The van der Waals surface area contributed by atoms with Gasteiger partial charge in [-0.1, -0.05) is 17.7 Å². The fraction of sp³-hybridized carbons (Fsp3) is 0.133. The Morgan fingerprint density at radius 3 is 2.81 bits per heavy atom. The quantitative estimate of drug-likeness (QED) is 0.402. The summed E-state index contributed by atoms with van der Waals surface area (Å²) in [5.41, 5.74) is 0.847. The molecule has 0 radical (unpaired) electrons. The lowest BCUT2D eigenvalue weighted by molar-refractivity contribution is -0.128. The summed E-state index contributed by atoms with van der Waals surface area (Å²) in [5.74, 6) is -1.70. The standard InChI is InChI=1S/C15H13FN2O2S/c1-3-6-18-14(20)11(13(19)17-15(18)21)8-10-7-9(2)4-5-12(10)16/h3-5,7-8H,1,6H2,2H3,(H,17,19,21)/b11-8+. The molecule has 2 amide bonds. The van der Waals surface area contributed by atoms with Gasteiger partial charge in [0.05, 0.1) is 0 Å². The lowest BCUT2D eigenvalue weighted by Gasteiger charge is -2.27. The van der Waals surface area contributed by atoms with Gasteiger partial charge >= 0.3 is 0 Å². The van der Waals surface area contributed by atoms with Crippen LogP contribution in [0.25, 0.3) is 6.08 Å². The van der Waals surface area contributed by atoms with Crippen molar-refractivity contribution in [2.24, 2.45) is 0 Å². The normalized spacial score (nSPS) is 17.1. The topological polar surface area (TPSA) is 49.4 Å². The number of nitrogens with zero attached hydrogens (tertiary/aromatic N) is 1. The van der Waals surface area contributed by atoms with Gasteiger partial charge in [0.2, 0.25) is 0 Å². The zero-order chi connectivity index (χ0) is 15.6. The molecule has 108 valence electrons. The molecular formula is C15H13FN2O2S. The minimum absolute atomic E-state index is 0.0202. The summed E-state index contributed by atoms with van der Waals surface area (Å²) in [6.07, 6.45) is 2.73. The zero-order valence-corrected chi connectivity index (χ0v) is 12.2. The van der Waals surface area contributed by atoms with Gasteiger partial charge in [-0.2, -0.15) is 0 Å². The molecule has 0 unspecified atom stereocenters. The number of carbonyl (C=O) groups is 2. The molecule has 0 aliphatic carbocycles. The second-order valence-corrected chi connectivity index (χ2v) is 4.93. The Hall–Kier alpha value is -2.34. The monoisotopic (exact) mass is 304 g/mol. The largest absolute Gasteiger partial charge is 0.298 e. The van der Waals surface area contributed by atoms with Crippen LogP contribution in [-0.2, 0) is 9.59 Å². The number of carbonyl (C=O) groups excluding carboxylic acids is 2. The number of hydrogen-bond donors (Lipinski definition) is 1. The number of thiocarbonyl (C=S) groups is 1. The molecule has 1 aromatic rings. The summed E-state index contributed by atoms with van der Waals surface area (Å²) in [6.45, 7) is 5.50. The fourth-order valence-corrected chi connectivity index (χ4v) is 2.17. The first-order valence-corrected chi connectivity index (χ1v) is 6.60. The molecule has 0 aromatic heterocycles. The van der Waals surface area contributed by atoms with Crippen LogP contribution in [0.3, 0.4) is 0 Å². The maximum absolute atomic E-state index is 13.8. The summed E-state index contributed by atoms with van der Waals surface area (Å²) >= 11 is 4.93. The van der Waals surface area contributed by atoms with Gasteiger partial charge in [-0.15, -0.1) is 6.58 Å². The third-order valence-electron chi connectivity index (χ3n) is 2.95. The van der Waals surface area contributed by atoms with Crippen molar-refractivity contribution in [3.63, 3.8) is 0 Å². The van der Waals surface area contributed by atoms with E-state index in [-0.39, 0.29) is 22.8 Å². The molecule has 1 heterocycles. The maximum Gasteiger partial charge on any atom is 0.265 e. The predicted octanol–water partition coefficient (Wildman–Crippen LogP) is 1.95. The maximum atomic E-state index is 13.8. The Morgan fingerprint density at radius 1 is 1.43 bits per heavy atom. The van der Waals surface area contributed by atoms with E-state index in [9.17, 15) is 14.0 Å². The molecular weight excluding hydrogens is 291 g/mol. The SMILES string of the molecule is C=CCN1C(=O)/C(=C/c2cc(C)ccc2F)C(=O)NC1=S. The van der Waals surface area contributed by atoms with Gasteiger partial charge in [0.15, 0.2) is 5.11 Å². The molecule has 2 rings (SSSR count). The molecule has 1 fully saturated rings. The van der Waals surface area contributed by atoms with Crippen molar-refractivity contribution in [3.05, 3.63) is 53.4 Å². The molecule has 21 heavy (non-hydrogen) atoms. The van der Waals surface area contributed by atoms with E-state index in [0.717, 1.165) is 5.56 Å². The number of nitrogens with one attached hydrogen (secondary N) is 1. The van der Waals surface area contributed by atoms with Crippen LogP contribution >= 0.6 is 12.2 Å². The molecule has 1 aliphatic heterocycles.